The third-order valence-electron chi connectivity index (χ3n) is 3.61. The normalized spacial score (nSPS) is 13.8. The molecule has 0 aliphatic rings. The molecule has 2 rings (SSSR count). The maximum atomic E-state index is 12.7. The summed E-state index contributed by atoms with van der Waals surface area (Å²) in [5, 5.41) is 0.217. The van der Waals surface area contributed by atoms with Crippen LogP contribution in [0.2, 0.25) is 0 Å². The van der Waals surface area contributed by atoms with Gasteiger partial charge in [-0.05, 0) is 50.5 Å². The Bertz CT molecular complexity index is 739. The molecule has 1 unspecified atom stereocenters. The summed E-state index contributed by atoms with van der Waals surface area (Å²) in [5.74, 6) is 0. The van der Waals surface area contributed by atoms with Crippen LogP contribution >= 0.6 is 7.37 Å². The van der Waals surface area contributed by atoms with Crippen molar-refractivity contribution in [2.45, 2.75) is 27.7 Å². The quantitative estimate of drug-likeness (QED) is 0.880. The van der Waals surface area contributed by atoms with E-state index in [1.54, 1.807) is 45.0 Å². The van der Waals surface area contributed by atoms with Crippen molar-refractivity contribution in [3.63, 3.8) is 0 Å². The molecule has 0 aromatic heterocycles. The summed E-state index contributed by atoms with van der Waals surface area (Å²) in [6, 6.07) is 10.5. The second kappa shape index (κ2) is 5.59. The van der Waals surface area contributed by atoms with Gasteiger partial charge in [-0.2, -0.15) is 0 Å². The summed E-state index contributed by atoms with van der Waals surface area (Å²) in [4.78, 5) is 23.1. The zero-order chi connectivity index (χ0) is 15.8. The van der Waals surface area contributed by atoms with Crippen LogP contribution in [0.5, 0.6) is 0 Å². The van der Waals surface area contributed by atoms with E-state index in [9.17, 15) is 14.3 Å². The summed E-state index contributed by atoms with van der Waals surface area (Å²) < 4.78 is 12.7. The Morgan fingerprint density at radius 2 is 1.48 bits per heavy atom. The van der Waals surface area contributed by atoms with E-state index in [0.717, 1.165) is 16.7 Å². The predicted octanol–water partition coefficient (Wildman–Crippen LogP) is 3.66. The Morgan fingerprint density at radius 3 is 2.00 bits per heavy atom. The Labute approximate surface area is 125 Å². The van der Waals surface area contributed by atoms with E-state index in [2.05, 4.69) is 0 Å². The maximum Gasteiger partial charge on any atom is 0.298 e. The molecule has 0 saturated heterocycles. The van der Waals surface area contributed by atoms with Crippen LogP contribution in [0.15, 0.2) is 36.4 Å². The molecule has 2 aromatic rings. The van der Waals surface area contributed by atoms with Crippen molar-refractivity contribution in [2.75, 3.05) is 0 Å². The Hall–Kier alpha value is -1.70. The molecule has 0 heterocycles. The van der Waals surface area contributed by atoms with Crippen molar-refractivity contribution < 1.29 is 14.3 Å². The van der Waals surface area contributed by atoms with Gasteiger partial charge in [0.05, 0.1) is 0 Å². The Balaban J connectivity index is 2.60. The van der Waals surface area contributed by atoms with E-state index in [1.165, 1.54) is 0 Å². The highest BCUT2D eigenvalue weighted by Crippen LogP contribution is 2.45. The van der Waals surface area contributed by atoms with E-state index >= 15 is 0 Å². The van der Waals surface area contributed by atoms with Crippen LogP contribution in [0.3, 0.4) is 0 Å². The Kier molecular flexibility index (Phi) is 4.18. The Morgan fingerprint density at radius 1 is 0.952 bits per heavy atom. The second-order valence-corrected chi connectivity index (χ2v) is 7.48. The van der Waals surface area contributed by atoms with Crippen LogP contribution in [0.1, 0.15) is 32.6 Å². The van der Waals surface area contributed by atoms with Gasteiger partial charge in [0.25, 0.3) is 12.9 Å². The van der Waals surface area contributed by atoms with Gasteiger partial charge in [0, 0.05) is 10.9 Å². The average molecular weight is 302 g/mol. The van der Waals surface area contributed by atoms with E-state index in [-0.39, 0.29) is 5.30 Å². The number of aryl methyl sites for hydroxylation is 4. The molecule has 0 fully saturated rings. The smallest absolute Gasteiger partial charge is 0.298 e. The maximum absolute atomic E-state index is 12.7. The second-order valence-electron chi connectivity index (χ2n) is 5.44. The largest absolute Gasteiger partial charge is 0.336 e. The lowest BCUT2D eigenvalue weighted by atomic mass is 10.0. The monoisotopic (exact) mass is 302 g/mol. The summed E-state index contributed by atoms with van der Waals surface area (Å²) in [5.41, 5.74) is 2.83. The minimum absolute atomic E-state index is 0.217. The SMILES string of the molecule is Cc1cc(C)c(C(=O)P(=O)(O)c2ccccc2C)c(C)c1. The van der Waals surface area contributed by atoms with E-state index in [4.69, 9.17) is 0 Å². The number of rotatable bonds is 3. The van der Waals surface area contributed by atoms with Gasteiger partial charge in [-0.25, -0.2) is 0 Å². The highest BCUT2D eigenvalue weighted by atomic mass is 31.2. The summed E-state index contributed by atoms with van der Waals surface area (Å²) in [7, 11) is -4.10. The van der Waals surface area contributed by atoms with E-state index < -0.39 is 12.9 Å². The molecule has 0 spiro atoms. The minimum atomic E-state index is -4.10. The average Bonchev–Trinajstić information content (AvgIpc) is 2.37. The third kappa shape index (κ3) is 2.85. The van der Waals surface area contributed by atoms with Gasteiger partial charge in [-0.3, -0.25) is 9.36 Å². The summed E-state index contributed by atoms with van der Waals surface area (Å²) >= 11 is 0. The highest BCUT2D eigenvalue weighted by Gasteiger charge is 2.35. The van der Waals surface area contributed by atoms with E-state index in [0.29, 0.717) is 11.1 Å². The highest BCUT2D eigenvalue weighted by molar-refractivity contribution is 7.82. The van der Waals surface area contributed by atoms with Crippen molar-refractivity contribution in [1.29, 1.82) is 0 Å². The molecule has 1 N–H and O–H groups in total. The van der Waals surface area contributed by atoms with Crippen molar-refractivity contribution in [3.8, 4) is 0 Å². The molecule has 0 amide bonds. The standard InChI is InChI=1S/C17H19O3P/c1-11-9-13(3)16(14(4)10-11)17(18)21(19,20)15-8-6-5-7-12(15)2/h5-10H,1-4H3,(H,19,20). The first-order valence-corrected chi connectivity index (χ1v) is 8.43. The number of hydrogen-bond donors (Lipinski definition) is 1. The fourth-order valence-corrected chi connectivity index (χ4v) is 4.40. The first kappa shape index (κ1) is 15.7. The van der Waals surface area contributed by atoms with Crippen LogP contribution in [0.25, 0.3) is 0 Å². The molecule has 3 nitrogen and oxygen atoms in total. The van der Waals surface area contributed by atoms with Gasteiger partial charge < -0.3 is 4.89 Å². The molecule has 21 heavy (non-hydrogen) atoms. The molecule has 0 radical (unpaired) electrons. The van der Waals surface area contributed by atoms with Crippen LogP contribution in [-0.2, 0) is 4.57 Å². The molecule has 2 aromatic carbocycles. The van der Waals surface area contributed by atoms with Crippen LogP contribution in [-0.4, -0.2) is 10.4 Å². The fourth-order valence-electron chi connectivity index (χ4n) is 2.68. The number of carbonyl (C=O) groups is 1. The van der Waals surface area contributed by atoms with Gasteiger partial charge >= 0.3 is 0 Å². The zero-order valence-corrected chi connectivity index (χ0v) is 13.6. The van der Waals surface area contributed by atoms with Crippen LogP contribution < -0.4 is 5.30 Å². The topological polar surface area (TPSA) is 54.4 Å². The lowest BCUT2D eigenvalue weighted by molar-refractivity contribution is 0.106. The van der Waals surface area contributed by atoms with Crippen LogP contribution in [0, 0.1) is 27.7 Å². The van der Waals surface area contributed by atoms with Gasteiger partial charge in [0.1, 0.15) is 0 Å². The molecule has 110 valence electrons. The molecule has 1 atom stereocenters. The first-order valence-electron chi connectivity index (χ1n) is 6.77. The van der Waals surface area contributed by atoms with Crippen LogP contribution in [0.4, 0.5) is 0 Å². The third-order valence-corrected chi connectivity index (χ3v) is 5.54. The lowest BCUT2D eigenvalue weighted by Gasteiger charge is -2.16. The predicted molar refractivity (Wildman–Crippen MR) is 85.6 cm³/mol. The van der Waals surface area contributed by atoms with Crippen molar-refractivity contribution in [1.82, 2.24) is 0 Å². The van der Waals surface area contributed by atoms with Crippen molar-refractivity contribution in [3.05, 3.63) is 64.2 Å². The molecule has 0 saturated carbocycles. The molecule has 0 aliphatic heterocycles. The number of benzene rings is 2. The summed E-state index contributed by atoms with van der Waals surface area (Å²) in [6.07, 6.45) is 0. The molecule has 4 heteroatoms. The van der Waals surface area contributed by atoms with Crippen molar-refractivity contribution >= 4 is 18.2 Å². The zero-order valence-electron chi connectivity index (χ0n) is 12.7. The fraction of sp³-hybridized carbons (Fsp3) is 0.235. The molecular weight excluding hydrogens is 283 g/mol. The minimum Gasteiger partial charge on any atom is -0.336 e. The first-order chi connectivity index (χ1) is 9.75. The molecule has 0 aliphatic carbocycles. The number of hydrogen-bond acceptors (Lipinski definition) is 2. The molecule has 0 bridgehead atoms. The van der Waals surface area contributed by atoms with E-state index in [1.807, 2.05) is 19.1 Å². The van der Waals surface area contributed by atoms with Gasteiger partial charge in [-0.1, -0.05) is 35.9 Å². The van der Waals surface area contributed by atoms with Gasteiger partial charge in [-0.15, -0.1) is 0 Å². The van der Waals surface area contributed by atoms with Gasteiger partial charge in [0.2, 0.25) is 0 Å². The number of carbonyl (C=O) groups excluding carboxylic acids is 1. The summed E-state index contributed by atoms with van der Waals surface area (Å²) in [6.45, 7) is 7.27. The van der Waals surface area contributed by atoms with Crippen molar-refractivity contribution in [2.24, 2.45) is 0 Å². The van der Waals surface area contributed by atoms with Gasteiger partial charge in [0.15, 0.2) is 0 Å². The lowest BCUT2D eigenvalue weighted by Crippen LogP contribution is -2.17. The molecular formula is C17H19O3P.